The number of pyridine rings is 1. The fourth-order valence-electron chi connectivity index (χ4n) is 3.69. The minimum atomic E-state index is -2.68. The van der Waals surface area contributed by atoms with E-state index >= 15 is 0 Å². The lowest BCUT2D eigenvalue weighted by Gasteiger charge is -2.28. The molecular formula is C25H45N5O2S. The van der Waals surface area contributed by atoms with Gasteiger partial charge in [-0.3, -0.25) is 0 Å². The van der Waals surface area contributed by atoms with Crippen LogP contribution in [0.5, 0.6) is 5.75 Å². The van der Waals surface area contributed by atoms with E-state index in [-0.39, 0.29) is 17.5 Å². The summed E-state index contributed by atoms with van der Waals surface area (Å²) >= 11 is 0. The van der Waals surface area contributed by atoms with E-state index in [0.29, 0.717) is 28.1 Å². The average Bonchev–Trinajstić information content (AvgIpc) is 3.36. The highest BCUT2D eigenvalue weighted by Gasteiger charge is 2.24. The molecule has 0 aliphatic heterocycles. The molecule has 0 spiro atoms. The molecule has 1 atom stereocenters. The third kappa shape index (κ3) is 8.19. The predicted octanol–water partition coefficient (Wildman–Crippen LogP) is 5.43. The maximum atomic E-state index is 13.6. The summed E-state index contributed by atoms with van der Waals surface area (Å²) in [5, 5.41) is 11.2. The Labute approximate surface area is 201 Å². The van der Waals surface area contributed by atoms with E-state index in [4.69, 9.17) is 11.5 Å². The van der Waals surface area contributed by atoms with Crippen LogP contribution in [0.2, 0.25) is 0 Å². The second kappa shape index (κ2) is 15.5. The van der Waals surface area contributed by atoms with Gasteiger partial charge in [-0.05, 0) is 42.8 Å². The topological polar surface area (TPSA) is 118 Å². The molecule has 1 aromatic carbocycles. The number of rotatable bonds is 6. The van der Waals surface area contributed by atoms with Crippen molar-refractivity contribution in [3.8, 4) is 5.75 Å². The minimum absolute atomic E-state index is 0.0138. The SMILES string of the molecule is C=S(=O)(c1ccc2c(O)cnc(N=C(N)N)c2c1)N(CC)CC1CCCC1.CC.CC.CC. The first-order chi connectivity index (χ1) is 15.8. The third-order valence-corrected chi connectivity index (χ3v) is 7.36. The summed E-state index contributed by atoms with van der Waals surface area (Å²) in [6.45, 7) is 15.4. The molecule has 1 heterocycles. The van der Waals surface area contributed by atoms with Crippen LogP contribution in [-0.4, -0.2) is 43.5 Å². The summed E-state index contributed by atoms with van der Waals surface area (Å²) in [5.74, 6) is 4.78. The van der Waals surface area contributed by atoms with Gasteiger partial charge in [-0.2, -0.15) is 4.99 Å². The van der Waals surface area contributed by atoms with E-state index in [0.717, 1.165) is 6.54 Å². The van der Waals surface area contributed by atoms with Crippen molar-refractivity contribution in [2.24, 2.45) is 22.4 Å². The highest BCUT2D eigenvalue weighted by atomic mass is 32.2. The first-order valence-corrected chi connectivity index (χ1v) is 13.8. The van der Waals surface area contributed by atoms with Crippen molar-refractivity contribution >= 4 is 38.1 Å². The van der Waals surface area contributed by atoms with Gasteiger partial charge in [0.2, 0.25) is 0 Å². The van der Waals surface area contributed by atoms with Crippen LogP contribution in [0.15, 0.2) is 34.3 Å². The van der Waals surface area contributed by atoms with E-state index < -0.39 is 9.71 Å². The Balaban J connectivity index is 0.00000158. The summed E-state index contributed by atoms with van der Waals surface area (Å²) in [6.07, 6.45) is 6.13. The molecule has 0 bridgehead atoms. The van der Waals surface area contributed by atoms with Crippen LogP contribution in [0.1, 0.15) is 74.1 Å². The molecule has 0 radical (unpaired) electrons. The Hall–Kier alpha value is -2.32. The summed E-state index contributed by atoms with van der Waals surface area (Å²) in [7, 11) is -2.68. The van der Waals surface area contributed by atoms with Crippen LogP contribution in [0.4, 0.5) is 5.82 Å². The molecule has 8 heteroatoms. The molecule has 1 aromatic heterocycles. The van der Waals surface area contributed by atoms with E-state index in [2.05, 4.69) is 15.8 Å². The van der Waals surface area contributed by atoms with Crippen LogP contribution >= 0.6 is 0 Å². The number of hydrogen-bond donors (Lipinski definition) is 3. The van der Waals surface area contributed by atoms with Gasteiger partial charge in [-0.25, -0.2) is 13.5 Å². The fraction of sp³-hybridized carbons (Fsp3) is 0.560. The van der Waals surface area contributed by atoms with Crippen LogP contribution in [0, 0.1) is 5.92 Å². The van der Waals surface area contributed by atoms with E-state index in [1.807, 2.05) is 52.8 Å². The number of aliphatic imine (C=N–C) groups is 1. The van der Waals surface area contributed by atoms with Gasteiger partial charge in [0.1, 0.15) is 5.75 Å². The van der Waals surface area contributed by atoms with E-state index in [1.165, 1.54) is 31.9 Å². The van der Waals surface area contributed by atoms with Gasteiger partial charge in [0.25, 0.3) is 0 Å². The highest BCUT2D eigenvalue weighted by molar-refractivity contribution is 7.98. The molecule has 1 fully saturated rings. The Morgan fingerprint density at radius 2 is 1.73 bits per heavy atom. The molecule has 5 N–H and O–H groups in total. The van der Waals surface area contributed by atoms with Crippen molar-refractivity contribution in [2.75, 3.05) is 13.1 Å². The first kappa shape index (κ1) is 30.7. The Bertz CT molecular complexity index is 964. The average molecular weight is 480 g/mol. The lowest BCUT2D eigenvalue weighted by molar-refractivity contribution is 0.373. The number of aromatic hydroxyl groups is 1. The zero-order valence-corrected chi connectivity index (χ0v) is 22.4. The van der Waals surface area contributed by atoms with E-state index in [9.17, 15) is 9.32 Å². The highest BCUT2D eigenvalue weighted by Crippen LogP contribution is 2.33. The van der Waals surface area contributed by atoms with Gasteiger partial charge in [-0.15, -0.1) is 0 Å². The quantitative estimate of drug-likeness (QED) is 0.290. The van der Waals surface area contributed by atoms with Crippen LogP contribution in [-0.2, 0) is 9.71 Å². The maximum Gasteiger partial charge on any atom is 0.192 e. The molecule has 1 aliphatic carbocycles. The summed E-state index contributed by atoms with van der Waals surface area (Å²) in [5.41, 5.74) is 11.0. The van der Waals surface area contributed by atoms with Gasteiger partial charge in [0, 0.05) is 28.8 Å². The van der Waals surface area contributed by atoms with Gasteiger partial charge in [0.05, 0.1) is 15.9 Å². The second-order valence-corrected chi connectivity index (χ2v) is 9.25. The van der Waals surface area contributed by atoms with Gasteiger partial charge < -0.3 is 16.6 Å². The molecule has 188 valence electrons. The molecule has 0 amide bonds. The lowest BCUT2D eigenvalue weighted by atomic mass is 10.1. The van der Waals surface area contributed by atoms with Crippen molar-refractivity contribution in [3.63, 3.8) is 0 Å². The molecule has 2 aromatic rings. The molecule has 33 heavy (non-hydrogen) atoms. The molecule has 0 saturated heterocycles. The number of nitrogens with zero attached hydrogens (tertiary/aromatic N) is 3. The molecule has 1 saturated carbocycles. The third-order valence-electron chi connectivity index (χ3n) is 5.13. The molecular weight excluding hydrogens is 434 g/mol. The first-order valence-electron chi connectivity index (χ1n) is 12.2. The zero-order chi connectivity index (χ0) is 25.6. The number of aromatic nitrogens is 1. The van der Waals surface area contributed by atoms with Crippen molar-refractivity contribution in [2.45, 2.75) is 79.0 Å². The van der Waals surface area contributed by atoms with Crippen LogP contribution in [0.3, 0.4) is 0 Å². The monoisotopic (exact) mass is 479 g/mol. The Morgan fingerprint density at radius 3 is 2.24 bits per heavy atom. The minimum Gasteiger partial charge on any atom is -0.506 e. The number of benzene rings is 1. The van der Waals surface area contributed by atoms with Gasteiger partial charge in [0.15, 0.2) is 11.8 Å². The Kier molecular flexibility index (Phi) is 14.4. The van der Waals surface area contributed by atoms with Crippen LogP contribution < -0.4 is 11.5 Å². The molecule has 3 rings (SSSR count). The maximum absolute atomic E-state index is 13.6. The predicted molar refractivity (Wildman–Crippen MR) is 146 cm³/mol. The summed E-state index contributed by atoms with van der Waals surface area (Å²) in [4.78, 5) is 8.69. The number of hydrogen-bond acceptors (Lipinski definition) is 4. The largest absolute Gasteiger partial charge is 0.506 e. The zero-order valence-electron chi connectivity index (χ0n) is 21.6. The lowest BCUT2D eigenvalue weighted by Crippen LogP contribution is -2.34. The van der Waals surface area contributed by atoms with Gasteiger partial charge in [-0.1, -0.05) is 61.3 Å². The standard InChI is InChI=1S/C19H27N5O2S.3C2H6/c1-3-24(12-13-6-4-5-7-13)27(2,26)14-8-9-15-16(10-14)18(23-19(20)21)22-11-17(15)25;3*1-2/h8-11,13,25H,2-7,12H2,1H3,(H4,20,21,22,23);3*1-2H3. The summed E-state index contributed by atoms with van der Waals surface area (Å²) in [6, 6.07) is 5.17. The number of fused-ring (bicyclic) bond motifs is 1. The number of guanidine groups is 1. The van der Waals surface area contributed by atoms with Crippen molar-refractivity contribution in [1.29, 1.82) is 0 Å². The molecule has 1 aliphatic rings. The normalized spacial score (nSPS) is 14.7. The molecule has 7 nitrogen and oxygen atoms in total. The second-order valence-electron chi connectivity index (χ2n) is 6.98. The van der Waals surface area contributed by atoms with Crippen LogP contribution in [0.25, 0.3) is 10.8 Å². The van der Waals surface area contributed by atoms with Gasteiger partial charge >= 0.3 is 0 Å². The number of nitrogens with two attached hydrogens (primary N) is 2. The fourth-order valence-corrected chi connectivity index (χ4v) is 5.44. The Morgan fingerprint density at radius 1 is 1.15 bits per heavy atom. The van der Waals surface area contributed by atoms with Crippen molar-refractivity contribution in [3.05, 3.63) is 24.4 Å². The van der Waals surface area contributed by atoms with Crippen molar-refractivity contribution in [1.82, 2.24) is 9.29 Å². The summed E-state index contributed by atoms with van der Waals surface area (Å²) < 4.78 is 15.6. The molecule has 1 unspecified atom stereocenters. The van der Waals surface area contributed by atoms with Crippen molar-refractivity contribution < 1.29 is 9.32 Å². The van der Waals surface area contributed by atoms with E-state index in [1.54, 1.807) is 18.2 Å². The smallest absolute Gasteiger partial charge is 0.192 e.